The van der Waals surface area contributed by atoms with Crippen molar-refractivity contribution in [3.05, 3.63) is 65.7 Å². The molecule has 114 valence electrons. The fourth-order valence-electron chi connectivity index (χ4n) is 3.03. The van der Waals surface area contributed by atoms with Crippen LogP contribution in [0.4, 0.5) is 5.69 Å². The van der Waals surface area contributed by atoms with Crippen LogP contribution in [0.25, 0.3) is 0 Å². The second-order valence-corrected chi connectivity index (χ2v) is 5.89. The molecule has 1 N–H and O–H groups in total. The summed E-state index contributed by atoms with van der Waals surface area (Å²) in [5.41, 5.74) is 3.08. The zero-order chi connectivity index (χ0) is 15.2. The normalized spacial score (nSPS) is 16.4. The predicted octanol–water partition coefficient (Wildman–Crippen LogP) is 3.58. The minimum absolute atomic E-state index is 0.452. The first-order valence-corrected chi connectivity index (χ1v) is 7.92. The van der Waals surface area contributed by atoms with Gasteiger partial charge in [0.05, 0.1) is 0 Å². The average molecular weight is 294 g/mol. The van der Waals surface area contributed by atoms with Crippen LogP contribution in [0.3, 0.4) is 0 Å². The number of rotatable bonds is 5. The van der Waals surface area contributed by atoms with Crippen molar-refractivity contribution in [2.45, 2.75) is 25.4 Å². The molecule has 0 unspecified atom stereocenters. The number of nitrogens with one attached hydrogen (secondary N) is 1. The van der Waals surface area contributed by atoms with Gasteiger partial charge in [-0.3, -0.25) is 9.69 Å². The van der Waals surface area contributed by atoms with Crippen LogP contribution >= 0.6 is 0 Å². The predicted molar refractivity (Wildman–Crippen MR) is 90.2 cm³/mol. The van der Waals surface area contributed by atoms with Gasteiger partial charge in [0.25, 0.3) is 0 Å². The van der Waals surface area contributed by atoms with Gasteiger partial charge in [-0.2, -0.15) is 0 Å². The number of piperidine rings is 1. The van der Waals surface area contributed by atoms with Gasteiger partial charge >= 0.3 is 0 Å². The van der Waals surface area contributed by atoms with Gasteiger partial charge in [-0.05, 0) is 30.5 Å². The molecule has 0 radical (unpaired) electrons. The Morgan fingerprint density at radius 3 is 2.41 bits per heavy atom. The highest BCUT2D eigenvalue weighted by molar-refractivity contribution is 5.84. The molecule has 1 aliphatic rings. The zero-order valence-corrected chi connectivity index (χ0v) is 12.7. The van der Waals surface area contributed by atoms with E-state index in [-0.39, 0.29) is 0 Å². The lowest BCUT2D eigenvalue weighted by molar-refractivity contribution is 0.112. The Bertz CT molecular complexity index is 604. The molecule has 0 atom stereocenters. The van der Waals surface area contributed by atoms with Gasteiger partial charge < -0.3 is 5.32 Å². The van der Waals surface area contributed by atoms with Gasteiger partial charge in [0.2, 0.25) is 0 Å². The number of nitrogens with zero attached hydrogens (tertiary/aromatic N) is 1. The van der Waals surface area contributed by atoms with Crippen LogP contribution in [-0.2, 0) is 6.54 Å². The molecular weight excluding hydrogens is 272 g/mol. The Hall–Kier alpha value is -2.13. The van der Waals surface area contributed by atoms with E-state index in [1.807, 2.05) is 24.3 Å². The van der Waals surface area contributed by atoms with E-state index < -0.39 is 0 Å². The molecule has 0 amide bonds. The highest BCUT2D eigenvalue weighted by Gasteiger charge is 2.19. The third kappa shape index (κ3) is 3.74. The molecule has 1 saturated heterocycles. The number of carbonyl (C=O) groups is 1. The van der Waals surface area contributed by atoms with Crippen molar-refractivity contribution < 1.29 is 4.79 Å². The van der Waals surface area contributed by atoms with Crippen molar-refractivity contribution >= 4 is 12.0 Å². The van der Waals surface area contributed by atoms with E-state index in [2.05, 4.69) is 40.5 Å². The van der Waals surface area contributed by atoms with E-state index in [1.54, 1.807) is 0 Å². The summed E-state index contributed by atoms with van der Waals surface area (Å²) in [5.74, 6) is 0. The molecule has 3 rings (SSSR count). The Morgan fingerprint density at radius 1 is 1.00 bits per heavy atom. The fraction of sp³-hybridized carbons (Fsp3) is 0.316. The molecule has 0 aromatic heterocycles. The highest BCUT2D eigenvalue weighted by atomic mass is 16.1. The molecule has 1 fully saturated rings. The molecule has 1 aliphatic heterocycles. The van der Waals surface area contributed by atoms with Crippen molar-refractivity contribution in [2.24, 2.45) is 0 Å². The third-order valence-electron chi connectivity index (χ3n) is 4.28. The molecule has 0 aliphatic carbocycles. The molecule has 3 nitrogen and oxygen atoms in total. The number of anilines is 1. The van der Waals surface area contributed by atoms with Crippen LogP contribution < -0.4 is 5.32 Å². The van der Waals surface area contributed by atoms with E-state index in [1.165, 1.54) is 5.56 Å². The topological polar surface area (TPSA) is 32.3 Å². The summed E-state index contributed by atoms with van der Waals surface area (Å²) in [5, 5.41) is 3.53. The summed E-state index contributed by atoms with van der Waals surface area (Å²) in [7, 11) is 0. The number of para-hydroxylation sites is 1. The first-order chi connectivity index (χ1) is 10.8. The van der Waals surface area contributed by atoms with E-state index in [0.29, 0.717) is 6.04 Å². The van der Waals surface area contributed by atoms with Gasteiger partial charge in [0.15, 0.2) is 6.29 Å². The van der Waals surface area contributed by atoms with Gasteiger partial charge in [0, 0.05) is 36.9 Å². The number of likely N-dealkylation sites (tertiary alicyclic amines) is 1. The Kier molecular flexibility index (Phi) is 4.86. The van der Waals surface area contributed by atoms with Crippen molar-refractivity contribution in [3.63, 3.8) is 0 Å². The second kappa shape index (κ2) is 7.23. The van der Waals surface area contributed by atoms with Crippen molar-refractivity contribution in [3.8, 4) is 0 Å². The van der Waals surface area contributed by atoms with Crippen LogP contribution in [0.15, 0.2) is 54.6 Å². The second-order valence-electron chi connectivity index (χ2n) is 5.89. The summed E-state index contributed by atoms with van der Waals surface area (Å²) in [6, 6.07) is 18.8. The summed E-state index contributed by atoms with van der Waals surface area (Å²) in [4.78, 5) is 13.6. The maximum absolute atomic E-state index is 11.1. The molecule has 0 saturated carbocycles. The van der Waals surface area contributed by atoms with Gasteiger partial charge in [0.1, 0.15) is 0 Å². The third-order valence-corrected chi connectivity index (χ3v) is 4.28. The van der Waals surface area contributed by atoms with E-state index in [0.717, 1.165) is 50.0 Å². The molecule has 0 bridgehead atoms. The lowest BCUT2D eigenvalue weighted by atomic mass is 10.0. The molecular formula is C19H22N2O. The molecule has 3 heteroatoms. The van der Waals surface area contributed by atoms with E-state index in [9.17, 15) is 4.79 Å². The van der Waals surface area contributed by atoms with Crippen molar-refractivity contribution in [1.29, 1.82) is 0 Å². The van der Waals surface area contributed by atoms with Crippen LogP contribution in [0.1, 0.15) is 28.8 Å². The quantitative estimate of drug-likeness (QED) is 0.856. The number of aldehydes is 1. The van der Waals surface area contributed by atoms with Crippen molar-refractivity contribution in [2.75, 3.05) is 18.4 Å². The Balaban J connectivity index is 1.52. The Morgan fingerprint density at radius 2 is 1.68 bits per heavy atom. The minimum Gasteiger partial charge on any atom is -0.382 e. The monoisotopic (exact) mass is 294 g/mol. The molecule has 1 heterocycles. The van der Waals surface area contributed by atoms with Crippen LogP contribution in [0.2, 0.25) is 0 Å². The summed E-state index contributed by atoms with van der Waals surface area (Å²) >= 11 is 0. The molecule has 2 aromatic rings. The van der Waals surface area contributed by atoms with E-state index in [4.69, 9.17) is 0 Å². The Labute approximate surface area is 132 Å². The van der Waals surface area contributed by atoms with Crippen LogP contribution in [-0.4, -0.2) is 30.3 Å². The minimum atomic E-state index is 0.452. The van der Waals surface area contributed by atoms with Crippen LogP contribution in [0, 0.1) is 0 Å². The van der Waals surface area contributed by atoms with Crippen molar-refractivity contribution in [1.82, 2.24) is 4.90 Å². The number of hydrogen-bond acceptors (Lipinski definition) is 3. The summed E-state index contributed by atoms with van der Waals surface area (Å²) in [6.07, 6.45) is 3.15. The highest BCUT2D eigenvalue weighted by Crippen LogP contribution is 2.20. The lowest BCUT2D eigenvalue weighted by Crippen LogP contribution is -2.38. The van der Waals surface area contributed by atoms with E-state index >= 15 is 0 Å². The SMILES string of the molecule is O=Cc1ccccc1NC1CCN(Cc2ccccc2)CC1. The smallest absolute Gasteiger partial charge is 0.152 e. The fourth-order valence-corrected chi connectivity index (χ4v) is 3.03. The average Bonchev–Trinajstić information content (AvgIpc) is 2.58. The zero-order valence-electron chi connectivity index (χ0n) is 12.7. The maximum Gasteiger partial charge on any atom is 0.152 e. The van der Waals surface area contributed by atoms with Gasteiger partial charge in [-0.25, -0.2) is 0 Å². The van der Waals surface area contributed by atoms with Crippen LogP contribution in [0.5, 0.6) is 0 Å². The number of hydrogen-bond donors (Lipinski definition) is 1. The molecule has 22 heavy (non-hydrogen) atoms. The first-order valence-electron chi connectivity index (χ1n) is 7.92. The standard InChI is InChI=1S/C19H22N2O/c22-15-17-8-4-5-9-19(17)20-18-10-12-21(13-11-18)14-16-6-2-1-3-7-16/h1-9,15,18,20H,10-14H2. The largest absolute Gasteiger partial charge is 0.382 e. The lowest BCUT2D eigenvalue weighted by Gasteiger charge is -2.33. The maximum atomic E-state index is 11.1. The number of benzene rings is 2. The molecule has 0 spiro atoms. The van der Waals surface area contributed by atoms with Gasteiger partial charge in [-0.15, -0.1) is 0 Å². The summed E-state index contributed by atoms with van der Waals surface area (Å²) in [6.45, 7) is 3.21. The molecule has 2 aromatic carbocycles. The number of carbonyl (C=O) groups excluding carboxylic acids is 1. The first kappa shape index (κ1) is 14.8. The van der Waals surface area contributed by atoms with Gasteiger partial charge in [-0.1, -0.05) is 42.5 Å². The summed E-state index contributed by atoms with van der Waals surface area (Å²) < 4.78 is 0.